The topological polar surface area (TPSA) is 117 Å². The van der Waals surface area contributed by atoms with Gasteiger partial charge in [-0.3, -0.25) is 20.2 Å². The Kier molecular flexibility index (Phi) is 3.87. The summed E-state index contributed by atoms with van der Waals surface area (Å²) in [6.45, 7) is 2.30. The summed E-state index contributed by atoms with van der Waals surface area (Å²) in [6.07, 6.45) is -1.69. The zero-order valence-corrected chi connectivity index (χ0v) is 13.2. The van der Waals surface area contributed by atoms with Crippen LogP contribution in [0.2, 0.25) is 0 Å². The minimum absolute atomic E-state index is 0.0439. The quantitative estimate of drug-likeness (QED) is 0.491. The second-order valence-corrected chi connectivity index (χ2v) is 5.31. The maximum atomic E-state index is 12.8. The Morgan fingerprint density at radius 3 is 1.38 bits per heavy atom. The molecule has 0 aromatic carbocycles. The first-order valence-electron chi connectivity index (χ1n) is 7.25. The van der Waals surface area contributed by atoms with Crippen molar-refractivity contribution in [2.45, 2.75) is 0 Å². The van der Waals surface area contributed by atoms with Crippen LogP contribution in [0.5, 0.6) is 0 Å². The first-order chi connectivity index (χ1) is 11.5. The van der Waals surface area contributed by atoms with Crippen molar-refractivity contribution in [2.24, 2.45) is 0 Å². The van der Waals surface area contributed by atoms with Gasteiger partial charge >= 0.3 is 12.2 Å². The van der Waals surface area contributed by atoms with Gasteiger partial charge in [0.25, 0.3) is 0 Å². The third-order valence-electron chi connectivity index (χ3n) is 3.71. The molecule has 2 aliphatic heterocycles. The highest BCUT2D eigenvalue weighted by atomic mass is 16.5. The Morgan fingerprint density at radius 2 is 1.12 bits per heavy atom. The van der Waals surface area contributed by atoms with Gasteiger partial charge in [0.2, 0.25) is 11.6 Å². The number of nitrogens with one attached hydrogen (secondary N) is 2. The number of carbonyl (C=O) groups is 4. The van der Waals surface area contributed by atoms with Crippen LogP contribution in [0.25, 0.3) is 0 Å². The van der Waals surface area contributed by atoms with Gasteiger partial charge in [0.1, 0.15) is 22.8 Å². The average molecular weight is 336 g/mol. The summed E-state index contributed by atoms with van der Waals surface area (Å²) in [4.78, 5) is 52.0. The molecule has 2 amide bonds. The van der Waals surface area contributed by atoms with Crippen molar-refractivity contribution < 1.29 is 28.7 Å². The van der Waals surface area contributed by atoms with Crippen LogP contribution >= 0.6 is 0 Å². The summed E-state index contributed by atoms with van der Waals surface area (Å²) in [5, 5.41) is 4.64. The monoisotopic (exact) mass is 336 g/mol. The van der Waals surface area contributed by atoms with Gasteiger partial charge in [-0.1, -0.05) is 0 Å². The van der Waals surface area contributed by atoms with Crippen LogP contribution in [0.1, 0.15) is 0 Å². The van der Waals surface area contributed by atoms with Crippen LogP contribution in [0, 0.1) is 0 Å². The van der Waals surface area contributed by atoms with Gasteiger partial charge in [0, 0.05) is 26.2 Å². The van der Waals surface area contributed by atoms with Gasteiger partial charge < -0.3 is 19.3 Å². The molecule has 0 aromatic rings. The molecule has 0 spiro atoms. The Hall–Kier alpha value is -3.04. The van der Waals surface area contributed by atoms with Gasteiger partial charge in [-0.25, -0.2) is 9.59 Å². The predicted molar refractivity (Wildman–Crippen MR) is 78.3 cm³/mol. The lowest BCUT2D eigenvalue weighted by molar-refractivity contribution is -0.118. The molecule has 128 valence electrons. The van der Waals surface area contributed by atoms with Crippen molar-refractivity contribution in [1.29, 1.82) is 0 Å². The Balaban J connectivity index is 2.03. The van der Waals surface area contributed by atoms with Crippen LogP contribution in [-0.4, -0.2) is 74.0 Å². The third-order valence-corrected chi connectivity index (χ3v) is 3.71. The molecule has 10 heteroatoms. The first-order valence-corrected chi connectivity index (χ1v) is 7.25. The van der Waals surface area contributed by atoms with Crippen molar-refractivity contribution in [2.75, 3.05) is 40.4 Å². The maximum Gasteiger partial charge on any atom is 0.411 e. The fourth-order valence-corrected chi connectivity index (χ4v) is 2.37. The van der Waals surface area contributed by atoms with Crippen LogP contribution in [0.3, 0.4) is 0 Å². The van der Waals surface area contributed by atoms with Crippen LogP contribution < -0.4 is 10.6 Å². The lowest BCUT2D eigenvalue weighted by Gasteiger charge is -2.25. The second-order valence-electron chi connectivity index (χ2n) is 5.31. The second kappa shape index (κ2) is 5.87. The Labute approximate surface area is 137 Å². The zero-order valence-electron chi connectivity index (χ0n) is 13.2. The highest BCUT2D eigenvalue weighted by molar-refractivity contribution is 6.25. The molecule has 24 heavy (non-hydrogen) atoms. The largest absolute Gasteiger partial charge is 0.453 e. The van der Waals surface area contributed by atoms with E-state index in [0.717, 1.165) is 14.2 Å². The molecule has 2 N–H and O–H groups in total. The lowest BCUT2D eigenvalue weighted by Crippen LogP contribution is -2.42. The van der Waals surface area contributed by atoms with Crippen LogP contribution in [-0.2, 0) is 19.1 Å². The zero-order chi connectivity index (χ0) is 17.4. The van der Waals surface area contributed by atoms with Gasteiger partial charge in [0.15, 0.2) is 0 Å². The molecule has 0 atom stereocenters. The van der Waals surface area contributed by atoms with E-state index in [4.69, 9.17) is 0 Å². The van der Waals surface area contributed by atoms with E-state index < -0.39 is 23.8 Å². The number of methoxy groups -OCH3 is 2. The maximum absolute atomic E-state index is 12.8. The normalized spacial score (nSPS) is 19.4. The van der Waals surface area contributed by atoms with E-state index in [-0.39, 0.29) is 22.8 Å². The number of hydrogen-bond acceptors (Lipinski definition) is 8. The summed E-state index contributed by atoms with van der Waals surface area (Å²) >= 11 is 0. The van der Waals surface area contributed by atoms with Gasteiger partial charge in [-0.05, 0) is 0 Å². The third kappa shape index (κ3) is 2.77. The van der Waals surface area contributed by atoms with Crippen molar-refractivity contribution >= 4 is 23.8 Å². The number of amides is 2. The summed E-state index contributed by atoms with van der Waals surface area (Å²) in [5.41, 5.74) is -0.187. The smallest absolute Gasteiger partial charge is 0.411 e. The van der Waals surface area contributed by atoms with Crippen LogP contribution in [0.4, 0.5) is 9.59 Å². The average Bonchev–Trinajstić information content (AvgIpc) is 3.44. The van der Waals surface area contributed by atoms with E-state index in [1.807, 2.05) is 0 Å². The van der Waals surface area contributed by atoms with Gasteiger partial charge in [-0.2, -0.15) is 0 Å². The number of nitrogens with zero attached hydrogens (tertiary/aromatic N) is 2. The number of hydrogen-bond donors (Lipinski definition) is 2. The number of Topliss-reactive ketones (excluding diaryl/α,β-unsaturated/α-hetero) is 2. The molecule has 3 rings (SSSR count). The van der Waals surface area contributed by atoms with E-state index in [1.54, 1.807) is 9.80 Å². The number of ketones is 2. The van der Waals surface area contributed by atoms with E-state index in [0.29, 0.717) is 26.2 Å². The molecular weight excluding hydrogens is 320 g/mol. The molecule has 2 heterocycles. The standard InChI is InChI=1S/C14H16N4O6/c1-23-13(21)15-7-9(17-3-4-17)12(20)8(16-14(22)24-2)10(11(7)19)18-5-6-18/h3-6H2,1-2H3,(H,15,21)(H,16,22). The minimum Gasteiger partial charge on any atom is -0.453 e. The van der Waals surface area contributed by atoms with E-state index in [9.17, 15) is 19.2 Å². The molecule has 3 aliphatic rings. The number of carbonyl (C=O) groups excluding carboxylic acids is 4. The predicted octanol–water partition coefficient (Wildman–Crippen LogP) is -1.10. The Morgan fingerprint density at radius 1 is 0.792 bits per heavy atom. The number of rotatable bonds is 4. The first kappa shape index (κ1) is 15.8. The van der Waals surface area contributed by atoms with Crippen molar-refractivity contribution in [3.63, 3.8) is 0 Å². The lowest BCUT2D eigenvalue weighted by atomic mass is 9.98. The molecule has 1 aliphatic carbocycles. The highest BCUT2D eigenvalue weighted by Gasteiger charge is 2.45. The van der Waals surface area contributed by atoms with Crippen LogP contribution in [0.15, 0.2) is 22.8 Å². The molecule has 0 unspecified atom stereocenters. The van der Waals surface area contributed by atoms with E-state index in [1.165, 1.54) is 0 Å². The molecule has 10 nitrogen and oxygen atoms in total. The van der Waals surface area contributed by atoms with Crippen molar-refractivity contribution in [1.82, 2.24) is 20.4 Å². The summed E-state index contributed by atoms with van der Waals surface area (Å²) in [7, 11) is 2.32. The molecule has 2 fully saturated rings. The summed E-state index contributed by atoms with van der Waals surface area (Å²) in [6, 6.07) is 0. The number of alkyl carbamates (subject to hydrolysis) is 2. The number of ether oxygens (including phenoxy) is 2. The highest BCUT2D eigenvalue weighted by Crippen LogP contribution is 2.32. The fraction of sp³-hybridized carbons (Fsp3) is 0.429. The van der Waals surface area contributed by atoms with Gasteiger partial charge in [0.05, 0.1) is 14.2 Å². The summed E-state index contributed by atoms with van der Waals surface area (Å²) in [5.74, 6) is -1.10. The van der Waals surface area contributed by atoms with Crippen molar-refractivity contribution in [3.8, 4) is 0 Å². The van der Waals surface area contributed by atoms with E-state index >= 15 is 0 Å². The van der Waals surface area contributed by atoms with Crippen molar-refractivity contribution in [3.05, 3.63) is 22.8 Å². The minimum atomic E-state index is -0.847. The van der Waals surface area contributed by atoms with E-state index in [2.05, 4.69) is 20.1 Å². The molecule has 2 saturated heterocycles. The Bertz CT molecular complexity index is 642. The molecule has 0 aromatic heterocycles. The fourth-order valence-electron chi connectivity index (χ4n) is 2.37. The van der Waals surface area contributed by atoms with Gasteiger partial charge in [-0.15, -0.1) is 0 Å². The molecule has 0 saturated carbocycles. The SMILES string of the molecule is COC(=O)NC1=C(N2CC2)C(=O)C(NC(=O)OC)=C(N2CC2)C1=O. The molecule has 0 radical (unpaired) electrons. The summed E-state index contributed by atoms with van der Waals surface area (Å²) < 4.78 is 9.04. The molecular formula is C14H16N4O6. The molecule has 0 bridgehead atoms.